The van der Waals surface area contributed by atoms with Crippen LogP contribution < -0.4 is 10.1 Å². The van der Waals surface area contributed by atoms with E-state index < -0.39 is 0 Å². The lowest BCUT2D eigenvalue weighted by molar-refractivity contribution is -0.127. The van der Waals surface area contributed by atoms with Crippen LogP contribution in [-0.4, -0.2) is 42.6 Å². The van der Waals surface area contributed by atoms with Gasteiger partial charge in [-0.3, -0.25) is 4.79 Å². The van der Waals surface area contributed by atoms with Crippen molar-refractivity contribution in [3.05, 3.63) is 65.1 Å². The van der Waals surface area contributed by atoms with Gasteiger partial charge in [0.15, 0.2) is 5.78 Å². The number of aromatic nitrogens is 2. The van der Waals surface area contributed by atoms with Gasteiger partial charge in [-0.05, 0) is 36.0 Å². The Balaban J connectivity index is 1.44. The predicted octanol–water partition coefficient (Wildman–Crippen LogP) is 3.46. The Bertz CT molecular complexity index is 1060. The maximum Gasteiger partial charge on any atom is 0.164 e. The third kappa shape index (κ3) is 3.76. The number of allylic oxidation sites excluding steroid dienone is 2. The molecule has 1 fully saturated rings. The van der Waals surface area contributed by atoms with Crippen LogP contribution in [0, 0.1) is 17.8 Å². The maximum atomic E-state index is 12.8. The normalized spacial score (nSPS) is 25.1. The fourth-order valence-electron chi connectivity index (χ4n) is 5.19. The molecule has 4 atom stereocenters. The highest BCUT2D eigenvalue weighted by Gasteiger charge is 2.48. The molecule has 6 nitrogen and oxygen atoms in total. The Morgan fingerprint density at radius 3 is 2.90 bits per heavy atom. The Morgan fingerprint density at radius 1 is 1.19 bits per heavy atom. The summed E-state index contributed by atoms with van der Waals surface area (Å²) in [4.78, 5) is 22.5. The van der Waals surface area contributed by atoms with Gasteiger partial charge in [0.05, 0.1) is 12.8 Å². The fraction of sp³-hybridized carbons (Fsp3) is 0.400. The molecule has 3 aliphatic rings. The predicted molar refractivity (Wildman–Crippen MR) is 119 cm³/mol. The lowest BCUT2D eigenvalue weighted by atomic mass is 9.85. The molecule has 2 aromatic rings. The highest BCUT2D eigenvalue weighted by Crippen LogP contribution is 2.45. The van der Waals surface area contributed by atoms with E-state index in [0.717, 1.165) is 47.1 Å². The van der Waals surface area contributed by atoms with Crippen molar-refractivity contribution in [1.82, 2.24) is 9.97 Å². The van der Waals surface area contributed by atoms with Crippen molar-refractivity contribution in [1.29, 1.82) is 0 Å². The topological polar surface area (TPSA) is 73.3 Å². The number of carbonyl (C=O) groups excluding carboxylic acids is 1. The number of ketones is 1. The van der Waals surface area contributed by atoms with Gasteiger partial charge in [0.2, 0.25) is 0 Å². The highest BCUT2D eigenvalue weighted by molar-refractivity contribution is 5.85. The molecular weight excluding hydrogens is 390 g/mol. The highest BCUT2D eigenvalue weighted by atomic mass is 16.5. The smallest absolute Gasteiger partial charge is 0.164 e. The van der Waals surface area contributed by atoms with E-state index in [1.54, 1.807) is 14.2 Å². The van der Waals surface area contributed by atoms with Crippen LogP contribution in [0.15, 0.2) is 42.5 Å². The summed E-state index contributed by atoms with van der Waals surface area (Å²) in [7, 11) is 3.25. The van der Waals surface area contributed by atoms with Crippen LogP contribution in [0.25, 0.3) is 6.08 Å². The molecule has 0 radical (unpaired) electrons. The molecule has 4 unspecified atom stereocenters. The quantitative estimate of drug-likeness (QED) is 0.663. The zero-order valence-electron chi connectivity index (χ0n) is 17.9. The molecule has 3 aliphatic carbocycles. The van der Waals surface area contributed by atoms with Gasteiger partial charge in [0.1, 0.15) is 24.0 Å². The third-order valence-corrected chi connectivity index (χ3v) is 6.58. The molecule has 1 heterocycles. The summed E-state index contributed by atoms with van der Waals surface area (Å²) in [6.45, 7) is 0.156. The van der Waals surface area contributed by atoms with Gasteiger partial charge in [-0.1, -0.05) is 36.4 Å². The van der Waals surface area contributed by atoms with Crippen molar-refractivity contribution < 1.29 is 14.3 Å². The molecule has 1 N–H and O–H groups in total. The average Bonchev–Trinajstić information content (AvgIpc) is 3.50. The minimum Gasteiger partial charge on any atom is -0.497 e. The zero-order valence-corrected chi connectivity index (χ0v) is 17.9. The second-order valence-corrected chi connectivity index (χ2v) is 8.53. The van der Waals surface area contributed by atoms with Crippen LogP contribution in [0.2, 0.25) is 0 Å². The van der Waals surface area contributed by atoms with Gasteiger partial charge >= 0.3 is 0 Å². The number of Topliss-reactive ketones (excluding diaryl/α,β-unsaturated/α-hetero) is 1. The number of ether oxygens (including phenoxy) is 2. The molecule has 160 valence electrons. The zero-order chi connectivity index (χ0) is 21.4. The number of methoxy groups -OCH3 is 2. The van der Waals surface area contributed by atoms with E-state index >= 15 is 0 Å². The maximum absolute atomic E-state index is 12.8. The molecule has 0 aliphatic heterocycles. The van der Waals surface area contributed by atoms with Gasteiger partial charge in [0.25, 0.3) is 0 Å². The lowest BCUT2D eigenvalue weighted by Crippen LogP contribution is -2.39. The number of anilines is 1. The molecule has 0 saturated heterocycles. The molecule has 1 saturated carbocycles. The Hall–Kier alpha value is -2.99. The number of benzene rings is 1. The summed E-state index contributed by atoms with van der Waals surface area (Å²) >= 11 is 0. The molecule has 1 aromatic carbocycles. The number of nitrogens with one attached hydrogen (secondary N) is 1. The number of carbonyl (C=O) groups is 1. The molecule has 0 amide bonds. The third-order valence-electron chi connectivity index (χ3n) is 6.58. The SMILES string of the molecule is COCC(=O)C1C2C=CC(C2)C1Nc1nc(Cc2cccc(OC)c2)nc2c1C=CC2. The number of nitrogens with zero attached hydrogens (tertiary/aromatic N) is 2. The van der Waals surface area contributed by atoms with E-state index in [0.29, 0.717) is 12.3 Å². The summed E-state index contributed by atoms with van der Waals surface area (Å²) in [5.41, 5.74) is 3.18. The second kappa shape index (κ2) is 8.27. The molecule has 6 heteroatoms. The molecule has 5 rings (SSSR count). The summed E-state index contributed by atoms with van der Waals surface area (Å²) in [6, 6.07) is 8.03. The van der Waals surface area contributed by atoms with Crippen molar-refractivity contribution in [2.45, 2.75) is 25.3 Å². The van der Waals surface area contributed by atoms with E-state index in [9.17, 15) is 4.79 Å². The van der Waals surface area contributed by atoms with E-state index in [-0.39, 0.29) is 30.3 Å². The fourth-order valence-corrected chi connectivity index (χ4v) is 5.19. The number of hydrogen-bond acceptors (Lipinski definition) is 6. The number of hydrogen-bond donors (Lipinski definition) is 1. The minimum absolute atomic E-state index is 0.0373. The molecular formula is C25H27N3O3. The average molecular weight is 418 g/mol. The number of rotatable bonds is 8. The monoisotopic (exact) mass is 417 g/mol. The van der Waals surface area contributed by atoms with Gasteiger partial charge < -0.3 is 14.8 Å². The molecule has 31 heavy (non-hydrogen) atoms. The summed E-state index contributed by atoms with van der Waals surface area (Å²) in [6.07, 6.45) is 11.1. The standard InChI is InChI=1S/C25H27N3O3/c1-30-14-21(29)23-16-9-10-17(13-16)24(23)28-25-19-7-4-8-20(19)26-22(27-25)12-15-5-3-6-18(11-15)31-2/h3-7,9-11,16-17,23-24H,8,12-14H2,1-2H3,(H,26,27,28). The second-order valence-electron chi connectivity index (χ2n) is 8.53. The first-order valence-corrected chi connectivity index (χ1v) is 10.8. The van der Waals surface area contributed by atoms with Gasteiger partial charge in [-0.25, -0.2) is 9.97 Å². The van der Waals surface area contributed by atoms with Gasteiger partial charge in [-0.15, -0.1) is 0 Å². The Kier molecular flexibility index (Phi) is 5.32. The first-order valence-electron chi connectivity index (χ1n) is 10.8. The van der Waals surface area contributed by atoms with Gasteiger partial charge in [0, 0.05) is 37.5 Å². The van der Waals surface area contributed by atoms with Crippen molar-refractivity contribution in [3.63, 3.8) is 0 Å². The minimum atomic E-state index is -0.0761. The van der Waals surface area contributed by atoms with Crippen molar-refractivity contribution in [2.75, 3.05) is 26.1 Å². The number of fused-ring (bicyclic) bond motifs is 3. The summed E-state index contributed by atoms with van der Waals surface area (Å²) in [5.74, 6) is 3.14. The van der Waals surface area contributed by atoms with E-state index in [4.69, 9.17) is 19.4 Å². The molecule has 0 spiro atoms. The van der Waals surface area contributed by atoms with E-state index in [1.807, 2.05) is 18.2 Å². The van der Waals surface area contributed by atoms with Crippen molar-refractivity contribution >= 4 is 17.7 Å². The Labute approximate surface area is 182 Å². The van der Waals surface area contributed by atoms with Crippen LogP contribution in [-0.2, 0) is 22.4 Å². The molecule has 2 bridgehead atoms. The first kappa shape index (κ1) is 19.9. The van der Waals surface area contributed by atoms with Crippen molar-refractivity contribution in [3.8, 4) is 5.75 Å². The summed E-state index contributed by atoms with van der Waals surface area (Å²) < 4.78 is 10.5. The summed E-state index contributed by atoms with van der Waals surface area (Å²) in [5, 5.41) is 3.66. The van der Waals surface area contributed by atoms with Crippen molar-refractivity contribution in [2.24, 2.45) is 17.8 Å². The van der Waals surface area contributed by atoms with Crippen LogP contribution in [0.5, 0.6) is 5.75 Å². The first-order chi connectivity index (χ1) is 15.2. The van der Waals surface area contributed by atoms with Gasteiger partial charge in [-0.2, -0.15) is 0 Å². The van der Waals surface area contributed by atoms with Crippen LogP contribution in [0.3, 0.4) is 0 Å². The molecule has 1 aromatic heterocycles. The van der Waals surface area contributed by atoms with E-state index in [2.05, 4.69) is 35.7 Å². The largest absolute Gasteiger partial charge is 0.497 e. The van der Waals surface area contributed by atoms with E-state index in [1.165, 1.54) is 0 Å². The van der Waals surface area contributed by atoms with Crippen LogP contribution >= 0.6 is 0 Å². The van der Waals surface area contributed by atoms with Crippen LogP contribution in [0.1, 0.15) is 29.1 Å². The lowest BCUT2D eigenvalue weighted by Gasteiger charge is -2.29. The van der Waals surface area contributed by atoms with Crippen LogP contribution in [0.4, 0.5) is 5.82 Å². The Morgan fingerprint density at radius 2 is 2.06 bits per heavy atom.